The van der Waals surface area contributed by atoms with E-state index in [0.29, 0.717) is 12.8 Å². The molecule has 0 amide bonds. The van der Waals surface area contributed by atoms with Gasteiger partial charge in [0.25, 0.3) is 7.82 Å². The number of carbonyl (C=O) groups is 3. The highest BCUT2D eigenvalue weighted by Crippen LogP contribution is 2.38. The van der Waals surface area contributed by atoms with Gasteiger partial charge in [0.05, 0.1) is 26.4 Å². The average Bonchev–Trinajstić information content (AvgIpc) is 3.31. The maximum absolute atomic E-state index is 11.7. The fourth-order valence-corrected chi connectivity index (χ4v) is 7.66. The third kappa shape index (κ3) is 62.3. The van der Waals surface area contributed by atoms with Gasteiger partial charge in [0.1, 0.15) is 31.5 Å². The SMILES string of the molecule is CCCCCCCCCCCCCC(=O)O.CCCCCCCCCCCCCC(=O)OCC(O)CO.CCCCCCCCCCCCCC(=O)OC[C@@H](O)COP(=O)([O-])OCC(O)CO. The van der Waals surface area contributed by atoms with Crippen molar-refractivity contribution in [1.29, 1.82) is 0 Å². The van der Waals surface area contributed by atoms with Crippen LogP contribution in [0.3, 0.4) is 0 Å². The number of carboxylic acid groups (broad SMARTS) is 1. The van der Waals surface area contributed by atoms with Crippen molar-refractivity contribution >= 4 is 25.7 Å². The number of hydrogen-bond donors (Lipinski definition) is 6. The Kier molecular flexibility index (Phi) is 57.4. The molecule has 0 saturated heterocycles. The fraction of sp³-hybridized carbons (Fsp3) is 0.941. The van der Waals surface area contributed by atoms with Gasteiger partial charge in [-0.25, -0.2) is 0 Å². The molecule has 0 fully saturated rings. The quantitative estimate of drug-likeness (QED) is 0.0188. The molecule has 0 aromatic rings. The molecule has 0 radical (unpaired) electrons. The molecule has 0 heterocycles. The monoisotopic (exact) mass is 986 g/mol. The summed E-state index contributed by atoms with van der Waals surface area (Å²) >= 11 is 0. The van der Waals surface area contributed by atoms with Crippen LogP contribution >= 0.6 is 7.82 Å². The van der Waals surface area contributed by atoms with Crippen LogP contribution in [0.5, 0.6) is 0 Å². The van der Waals surface area contributed by atoms with Crippen molar-refractivity contribution < 1.29 is 73.0 Å². The second-order valence-corrected chi connectivity index (χ2v) is 19.4. The lowest BCUT2D eigenvalue weighted by molar-refractivity contribution is -0.229. The highest BCUT2D eigenvalue weighted by atomic mass is 31.2. The number of phosphoric ester groups is 1. The number of aliphatic carboxylic acids is 1. The summed E-state index contributed by atoms with van der Waals surface area (Å²) in [5, 5.41) is 53.3. The van der Waals surface area contributed by atoms with E-state index in [1.807, 2.05) is 0 Å². The number of carbonyl (C=O) groups excluding carboxylic acids is 2. The molecule has 4 atom stereocenters. The molecular formula is C51H102O15P-. The Morgan fingerprint density at radius 3 is 0.925 bits per heavy atom. The van der Waals surface area contributed by atoms with Crippen molar-refractivity contribution in [1.82, 2.24) is 0 Å². The maximum atomic E-state index is 11.7. The topological polar surface area (TPSA) is 250 Å². The number of aliphatic hydroxyl groups excluding tert-OH is 5. The fourth-order valence-electron chi connectivity index (χ4n) is 6.88. The van der Waals surface area contributed by atoms with Crippen molar-refractivity contribution in [2.24, 2.45) is 0 Å². The number of aliphatic hydroxyl groups is 5. The summed E-state index contributed by atoms with van der Waals surface area (Å²) in [6.45, 7) is 3.91. The van der Waals surface area contributed by atoms with Crippen LogP contribution in [0, 0.1) is 0 Å². The standard InChI is InChI=1S/C20H41O9P.C17H34O4.C14H28O2/c1-2-3-4-5-6-7-8-9-10-11-12-13-20(24)27-15-19(23)17-29-30(25,26)28-16-18(22)14-21;1-2-3-4-5-6-7-8-9-10-11-12-13-17(20)21-15-16(19)14-18;1-2-3-4-5-6-7-8-9-10-11-12-13-14(15)16/h18-19,21-23H,2-17H2,1H3,(H,25,26);16,18-19H,2-15H2,1H3;2-13H2,1H3,(H,15,16)/p-1/t18?,19-;;/m1../s1. The first-order valence-corrected chi connectivity index (χ1v) is 28.1. The Morgan fingerprint density at radius 2 is 0.642 bits per heavy atom. The van der Waals surface area contributed by atoms with Crippen molar-refractivity contribution in [2.45, 2.75) is 270 Å². The summed E-state index contributed by atoms with van der Waals surface area (Å²) in [4.78, 5) is 44.6. The molecular weight excluding hydrogens is 884 g/mol. The molecule has 0 rings (SSSR count). The van der Waals surface area contributed by atoms with Crippen LogP contribution in [-0.4, -0.2) is 107 Å². The highest BCUT2D eigenvalue weighted by molar-refractivity contribution is 7.45. The van der Waals surface area contributed by atoms with Crippen LogP contribution in [0.4, 0.5) is 0 Å². The van der Waals surface area contributed by atoms with Crippen LogP contribution in [-0.2, 0) is 37.5 Å². The summed E-state index contributed by atoms with van der Waals surface area (Å²) in [5.74, 6) is -1.38. The van der Waals surface area contributed by atoms with Gasteiger partial charge in [0, 0.05) is 19.3 Å². The Morgan fingerprint density at radius 1 is 0.403 bits per heavy atom. The number of carboxylic acids is 1. The molecule has 15 nitrogen and oxygen atoms in total. The largest absolute Gasteiger partial charge is 0.756 e. The number of esters is 2. The zero-order chi connectivity index (χ0) is 50.5. The molecule has 0 bridgehead atoms. The van der Waals surface area contributed by atoms with Crippen LogP contribution in [0.25, 0.3) is 0 Å². The second kappa shape index (κ2) is 55.2. The Hall–Kier alpha value is -1.68. The van der Waals surface area contributed by atoms with E-state index in [2.05, 4.69) is 29.8 Å². The van der Waals surface area contributed by atoms with E-state index in [4.69, 9.17) is 35.0 Å². The van der Waals surface area contributed by atoms with E-state index < -0.39 is 57.9 Å². The first kappa shape index (κ1) is 69.6. The van der Waals surface area contributed by atoms with Gasteiger partial charge in [-0.15, -0.1) is 0 Å². The van der Waals surface area contributed by atoms with Gasteiger partial charge in [0.15, 0.2) is 0 Å². The van der Waals surface area contributed by atoms with E-state index in [-0.39, 0.29) is 32.2 Å². The van der Waals surface area contributed by atoms with Crippen molar-refractivity contribution in [3.8, 4) is 0 Å². The van der Waals surface area contributed by atoms with E-state index in [1.54, 1.807) is 0 Å². The van der Waals surface area contributed by atoms with E-state index >= 15 is 0 Å². The van der Waals surface area contributed by atoms with Gasteiger partial charge in [-0.1, -0.05) is 213 Å². The van der Waals surface area contributed by atoms with Gasteiger partial charge in [-0.3, -0.25) is 18.9 Å². The molecule has 0 aliphatic rings. The maximum Gasteiger partial charge on any atom is 0.305 e. The van der Waals surface area contributed by atoms with Crippen LogP contribution < -0.4 is 4.89 Å². The molecule has 402 valence electrons. The Bertz CT molecular complexity index is 1100. The third-order valence-electron chi connectivity index (χ3n) is 11.1. The molecule has 67 heavy (non-hydrogen) atoms. The van der Waals surface area contributed by atoms with Crippen LogP contribution in [0.15, 0.2) is 0 Å². The second-order valence-electron chi connectivity index (χ2n) is 18.0. The van der Waals surface area contributed by atoms with Gasteiger partial charge in [-0.2, -0.15) is 0 Å². The smallest absolute Gasteiger partial charge is 0.305 e. The van der Waals surface area contributed by atoms with Crippen molar-refractivity contribution in [2.75, 3.05) is 39.6 Å². The minimum atomic E-state index is -4.72. The lowest BCUT2D eigenvalue weighted by atomic mass is 10.1. The lowest BCUT2D eigenvalue weighted by Gasteiger charge is -2.24. The molecule has 3 unspecified atom stereocenters. The molecule has 0 saturated carbocycles. The molecule has 16 heteroatoms. The number of ether oxygens (including phenoxy) is 2. The van der Waals surface area contributed by atoms with E-state index in [9.17, 15) is 28.9 Å². The number of unbranched alkanes of at least 4 members (excludes halogenated alkanes) is 30. The first-order valence-electron chi connectivity index (χ1n) is 26.7. The third-order valence-corrected chi connectivity index (χ3v) is 12.0. The summed E-state index contributed by atoms with van der Waals surface area (Å²) in [7, 11) is -4.72. The Labute approximate surface area is 407 Å². The van der Waals surface area contributed by atoms with E-state index in [1.165, 1.54) is 167 Å². The molecule has 0 aliphatic heterocycles. The van der Waals surface area contributed by atoms with Gasteiger partial charge in [-0.05, 0) is 19.3 Å². The van der Waals surface area contributed by atoms with Crippen LogP contribution in [0.1, 0.15) is 252 Å². The zero-order valence-electron chi connectivity index (χ0n) is 42.7. The van der Waals surface area contributed by atoms with Gasteiger partial charge < -0.3 is 54.1 Å². The summed E-state index contributed by atoms with van der Waals surface area (Å²) in [6, 6.07) is 0. The van der Waals surface area contributed by atoms with Crippen LogP contribution in [0.2, 0.25) is 0 Å². The van der Waals surface area contributed by atoms with Gasteiger partial charge in [0.2, 0.25) is 0 Å². The first-order chi connectivity index (χ1) is 32.3. The molecule has 0 aliphatic carbocycles. The summed E-state index contributed by atoms with van der Waals surface area (Å²) in [5.41, 5.74) is 0. The molecule has 6 N–H and O–H groups in total. The van der Waals surface area contributed by atoms with Crippen molar-refractivity contribution in [3.05, 3.63) is 0 Å². The van der Waals surface area contributed by atoms with Crippen molar-refractivity contribution in [3.63, 3.8) is 0 Å². The lowest BCUT2D eigenvalue weighted by Crippen LogP contribution is -2.26. The van der Waals surface area contributed by atoms with Gasteiger partial charge >= 0.3 is 17.9 Å². The Balaban J connectivity index is -0.000000968. The minimum absolute atomic E-state index is 0.104. The number of hydrogen-bond acceptors (Lipinski definition) is 14. The average molecular weight is 986 g/mol. The predicted octanol–water partition coefficient (Wildman–Crippen LogP) is 10.8. The normalized spacial score (nSPS) is 13.3. The predicted molar refractivity (Wildman–Crippen MR) is 264 cm³/mol. The zero-order valence-corrected chi connectivity index (χ0v) is 43.6. The number of rotatable bonds is 48. The molecule has 0 spiro atoms. The highest BCUT2D eigenvalue weighted by Gasteiger charge is 2.17. The van der Waals surface area contributed by atoms with E-state index in [0.717, 1.165) is 44.9 Å². The number of phosphoric acid groups is 1. The summed E-state index contributed by atoms with van der Waals surface area (Å²) in [6.07, 6.45) is 38.2. The molecule has 0 aromatic heterocycles. The molecule has 0 aromatic carbocycles. The minimum Gasteiger partial charge on any atom is -0.756 e. The summed E-state index contributed by atoms with van der Waals surface area (Å²) < 4.78 is 29.9.